The van der Waals surface area contributed by atoms with Crippen LogP contribution < -0.4 is 5.43 Å². The number of anilines is 1. The minimum absolute atomic E-state index is 0. The molecule has 1 aromatic heterocycles. The van der Waals surface area contributed by atoms with E-state index in [2.05, 4.69) is 41.4 Å². The van der Waals surface area contributed by atoms with Crippen molar-refractivity contribution in [3.05, 3.63) is 35.5 Å². The van der Waals surface area contributed by atoms with Gasteiger partial charge in [-0.25, -0.2) is 0 Å². The van der Waals surface area contributed by atoms with Crippen molar-refractivity contribution < 1.29 is 0 Å². The topological polar surface area (TPSA) is 40.5 Å². The molecule has 0 unspecified atom stereocenters. The van der Waals surface area contributed by atoms with Crippen LogP contribution in [0, 0.1) is 13.8 Å². The van der Waals surface area contributed by atoms with Crippen molar-refractivity contribution in [2.45, 2.75) is 13.8 Å². The van der Waals surface area contributed by atoms with E-state index in [1.54, 1.807) is 0 Å². The smallest absolute Gasteiger partial charge is 0.104 e. The lowest BCUT2D eigenvalue weighted by Gasteiger charge is -2.20. The summed E-state index contributed by atoms with van der Waals surface area (Å²) in [5.74, 6) is 0. The first kappa shape index (κ1) is 16.5. The van der Waals surface area contributed by atoms with Crippen LogP contribution in [-0.2, 0) is 0 Å². The van der Waals surface area contributed by atoms with E-state index in [1.807, 2.05) is 23.6 Å². The van der Waals surface area contributed by atoms with Crippen molar-refractivity contribution >= 4 is 47.7 Å². The first-order valence-electron chi connectivity index (χ1n) is 6.14. The minimum Gasteiger partial charge on any atom is -0.297 e. The molecule has 0 aliphatic carbocycles. The fraction of sp³-hybridized carbons (Fsp3) is 0.286. The molecule has 0 amide bonds. The van der Waals surface area contributed by atoms with Gasteiger partial charge < -0.3 is 0 Å². The van der Waals surface area contributed by atoms with Crippen molar-refractivity contribution in [3.63, 3.8) is 0 Å². The highest BCUT2D eigenvalue weighted by Gasteiger charge is 2.10. The van der Waals surface area contributed by atoms with E-state index < -0.39 is 0 Å². The number of nitrogens with one attached hydrogen (secondary N) is 1. The average molecular weight is 313 g/mol. The van der Waals surface area contributed by atoms with Crippen LogP contribution in [0.2, 0.25) is 0 Å². The Morgan fingerprint density at radius 3 is 2.75 bits per heavy atom. The lowest BCUT2D eigenvalue weighted by molar-refractivity contribution is 0.557. The number of benzene rings is 1. The average Bonchev–Trinajstić information content (AvgIpc) is 2.89. The Morgan fingerprint density at radius 1 is 1.25 bits per heavy atom. The zero-order valence-electron chi connectivity index (χ0n) is 11.5. The standard InChI is InChI=1S/C14H16N4.2ClH/c1-10-8-13(17-18-7-6-15-9-18)11(2)12-4-3-5-16-14(10)12;;/h3-5,8-9,17H,6-7H2,1-2H3;2*1H. The van der Waals surface area contributed by atoms with E-state index >= 15 is 0 Å². The Balaban J connectivity index is 0.000001000. The number of fused-ring (bicyclic) bond motifs is 1. The molecule has 20 heavy (non-hydrogen) atoms. The van der Waals surface area contributed by atoms with Gasteiger partial charge in [-0.2, -0.15) is 0 Å². The molecule has 0 bridgehead atoms. The summed E-state index contributed by atoms with van der Waals surface area (Å²) in [4.78, 5) is 8.65. The number of aromatic nitrogens is 1. The summed E-state index contributed by atoms with van der Waals surface area (Å²) >= 11 is 0. The molecule has 1 N–H and O–H groups in total. The van der Waals surface area contributed by atoms with Gasteiger partial charge in [0, 0.05) is 11.6 Å². The first-order chi connectivity index (χ1) is 8.75. The lowest BCUT2D eigenvalue weighted by atomic mass is 10.0. The molecule has 0 saturated heterocycles. The summed E-state index contributed by atoms with van der Waals surface area (Å²) in [5, 5.41) is 3.22. The molecule has 0 radical (unpaired) electrons. The van der Waals surface area contributed by atoms with Gasteiger partial charge >= 0.3 is 0 Å². The molecule has 1 aromatic carbocycles. The Labute approximate surface area is 131 Å². The summed E-state index contributed by atoms with van der Waals surface area (Å²) in [6, 6.07) is 6.25. The highest BCUT2D eigenvalue weighted by atomic mass is 35.5. The summed E-state index contributed by atoms with van der Waals surface area (Å²) in [6.45, 7) is 6.00. The number of hydrogen-bond donors (Lipinski definition) is 1. The SMILES string of the molecule is Cc1c(NN2C=NCC2)cc(C)c2ncccc12.Cl.Cl. The summed E-state index contributed by atoms with van der Waals surface area (Å²) < 4.78 is 0. The molecule has 1 aliphatic rings. The van der Waals surface area contributed by atoms with Crippen molar-refractivity contribution in [2.24, 2.45) is 4.99 Å². The number of halogens is 2. The molecule has 2 aromatic rings. The minimum atomic E-state index is 0. The third-order valence-corrected chi connectivity index (χ3v) is 3.31. The van der Waals surface area contributed by atoms with Crippen molar-refractivity contribution in [2.75, 3.05) is 18.5 Å². The van der Waals surface area contributed by atoms with E-state index in [4.69, 9.17) is 0 Å². The Bertz CT molecular complexity index is 628. The van der Waals surface area contributed by atoms with Crippen LogP contribution in [-0.4, -0.2) is 29.4 Å². The number of hydrazine groups is 1. The monoisotopic (exact) mass is 312 g/mol. The predicted molar refractivity (Wildman–Crippen MR) is 89.4 cm³/mol. The van der Waals surface area contributed by atoms with Crippen LogP contribution in [0.4, 0.5) is 5.69 Å². The first-order valence-corrected chi connectivity index (χ1v) is 6.14. The van der Waals surface area contributed by atoms with E-state index in [-0.39, 0.29) is 24.8 Å². The molecule has 4 nitrogen and oxygen atoms in total. The largest absolute Gasteiger partial charge is 0.297 e. The molecule has 0 fully saturated rings. The number of pyridine rings is 1. The van der Waals surface area contributed by atoms with Crippen LogP contribution in [0.25, 0.3) is 10.9 Å². The van der Waals surface area contributed by atoms with Crippen molar-refractivity contribution in [1.82, 2.24) is 9.99 Å². The van der Waals surface area contributed by atoms with Gasteiger partial charge in [-0.3, -0.25) is 20.4 Å². The second-order valence-electron chi connectivity index (χ2n) is 4.59. The molecule has 0 atom stereocenters. The summed E-state index contributed by atoms with van der Waals surface area (Å²) in [5.41, 5.74) is 8.02. The van der Waals surface area contributed by atoms with Crippen molar-refractivity contribution in [3.8, 4) is 0 Å². The molecule has 6 heteroatoms. The fourth-order valence-electron chi connectivity index (χ4n) is 2.30. The lowest BCUT2D eigenvalue weighted by Crippen LogP contribution is -2.27. The maximum Gasteiger partial charge on any atom is 0.104 e. The number of nitrogens with zero attached hydrogens (tertiary/aromatic N) is 3. The van der Waals surface area contributed by atoms with Gasteiger partial charge in [-0.05, 0) is 37.1 Å². The Kier molecular flexibility index (Phi) is 5.60. The van der Waals surface area contributed by atoms with Gasteiger partial charge in [-0.1, -0.05) is 6.07 Å². The molecule has 2 heterocycles. The van der Waals surface area contributed by atoms with Crippen LogP contribution in [0.1, 0.15) is 11.1 Å². The Hall–Kier alpha value is -1.52. The van der Waals surface area contributed by atoms with Crippen LogP contribution >= 0.6 is 24.8 Å². The quantitative estimate of drug-likeness (QED) is 0.924. The van der Waals surface area contributed by atoms with E-state index in [0.717, 1.165) is 24.3 Å². The second-order valence-corrected chi connectivity index (χ2v) is 4.59. The zero-order valence-corrected chi connectivity index (χ0v) is 13.1. The van der Waals surface area contributed by atoms with Gasteiger partial charge in [-0.15, -0.1) is 24.8 Å². The van der Waals surface area contributed by atoms with Gasteiger partial charge in [0.1, 0.15) is 6.34 Å². The third-order valence-electron chi connectivity index (χ3n) is 3.31. The van der Waals surface area contributed by atoms with Gasteiger partial charge in [0.15, 0.2) is 0 Å². The van der Waals surface area contributed by atoms with Gasteiger partial charge in [0.25, 0.3) is 0 Å². The molecule has 108 valence electrons. The molecule has 3 rings (SSSR count). The number of aliphatic imine (C=N–C) groups is 1. The molecule has 1 aliphatic heterocycles. The molecule has 0 spiro atoms. The highest BCUT2D eigenvalue weighted by Crippen LogP contribution is 2.27. The maximum atomic E-state index is 4.45. The molecular formula is C14H18Cl2N4. The predicted octanol–water partition coefficient (Wildman–Crippen LogP) is 3.37. The Morgan fingerprint density at radius 2 is 2.05 bits per heavy atom. The highest BCUT2D eigenvalue weighted by molar-refractivity contribution is 5.89. The summed E-state index contributed by atoms with van der Waals surface area (Å²) in [6.07, 6.45) is 3.69. The summed E-state index contributed by atoms with van der Waals surface area (Å²) in [7, 11) is 0. The van der Waals surface area contributed by atoms with Crippen LogP contribution in [0.5, 0.6) is 0 Å². The van der Waals surface area contributed by atoms with Gasteiger partial charge in [0.2, 0.25) is 0 Å². The number of hydrogen-bond acceptors (Lipinski definition) is 4. The van der Waals surface area contributed by atoms with E-state index in [0.29, 0.717) is 0 Å². The molecular weight excluding hydrogens is 295 g/mol. The fourth-order valence-corrected chi connectivity index (χ4v) is 2.30. The van der Waals surface area contributed by atoms with E-state index in [9.17, 15) is 0 Å². The maximum absolute atomic E-state index is 4.45. The number of rotatable bonds is 2. The normalized spacial score (nSPS) is 13.0. The third kappa shape index (κ3) is 2.97. The zero-order chi connectivity index (χ0) is 12.5. The van der Waals surface area contributed by atoms with Crippen LogP contribution in [0.3, 0.4) is 0 Å². The molecule has 0 saturated carbocycles. The van der Waals surface area contributed by atoms with Crippen molar-refractivity contribution in [1.29, 1.82) is 0 Å². The van der Waals surface area contributed by atoms with E-state index in [1.165, 1.54) is 16.5 Å². The van der Waals surface area contributed by atoms with Crippen LogP contribution in [0.15, 0.2) is 29.4 Å². The second kappa shape index (κ2) is 6.77. The van der Waals surface area contributed by atoms with Gasteiger partial charge in [0.05, 0.1) is 24.3 Å². The number of aryl methyl sites for hydroxylation is 2.